The minimum absolute atomic E-state index is 0.111. The second kappa shape index (κ2) is 9.38. The molecule has 2 aromatic rings. The highest BCUT2D eigenvalue weighted by atomic mass is 32.1. The summed E-state index contributed by atoms with van der Waals surface area (Å²) < 4.78 is 5.78. The van der Waals surface area contributed by atoms with Gasteiger partial charge >= 0.3 is 0 Å². The van der Waals surface area contributed by atoms with Crippen LogP contribution in [0.1, 0.15) is 51.4 Å². The van der Waals surface area contributed by atoms with Gasteiger partial charge in [-0.05, 0) is 55.5 Å². The van der Waals surface area contributed by atoms with Crippen LogP contribution in [0.25, 0.3) is 0 Å². The topological polar surface area (TPSA) is 84.7 Å². The maximum atomic E-state index is 12.9. The van der Waals surface area contributed by atoms with E-state index in [1.165, 1.54) is 21.1 Å². The van der Waals surface area contributed by atoms with Crippen LogP contribution in [0.2, 0.25) is 0 Å². The molecule has 1 aliphatic carbocycles. The molecule has 2 amide bonds. The summed E-state index contributed by atoms with van der Waals surface area (Å²) in [5, 5.41) is 5.65. The van der Waals surface area contributed by atoms with Crippen molar-refractivity contribution in [1.82, 2.24) is 4.90 Å². The molecule has 1 aliphatic heterocycles. The molecule has 156 valence electrons. The number of primary amides is 1. The van der Waals surface area contributed by atoms with E-state index >= 15 is 0 Å². The summed E-state index contributed by atoms with van der Waals surface area (Å²) in [5.74, 6) is -0.560. The van der Waals surface area contributed by atoms with E-state index in [4.69, 9.17) is 10.5 Å². The highest BCUT2D eigenvalue weighted by Crippen LogP contribution is 2.37. The molecule has 6 nitrogen and oxygen atoms in total. The normalized spacial score (nSPS) is 18.7. The van der Waals surface area contributed by atoms with Crippen LogP contribution in [0.5, 0.6) is 0 Å². The maximum absolute atomic E-state index is 12.9. The highest BCUT2D eigenvalue weighted by Gasteiger charge is 2.26. The number of anilines is 1. The van der Waals surface area contributed by atoms with E-state index in [0.29, 0.717) is 17.1 Å². The first-order valence-electron chi connectivity index (χ1n) is 10.2. The molecular weight excluding hydrogens is 406 g/mol. The number of ether oxygens (including phenoxy) is 1. The largest absolute Gasteiger partial charge is 0.377 e. The van der Waals surface area contributed by atoms with Crippen LogP contribution in [0.3, 0.4) is 0 Å². The molecule has 0 bridgehead atoms. The lowest BCUT2D eigenvalue weighted by molar-refractivity contribution is -0.117. The average Bonchev–Trinajstić information content (AvgIpc) is 3.41. The van der Waals surface area contributed by atoms with E-state index in [1.54, 1.807) is 11.3 Å². The van der Waals surface area contributed by atoms with Crippen molar-refractivity contribution in [1.29, 1.82) is 0 Å². The molecule has 29 heavy (non-hydrogen) atoms. The van der Waals surface area contributed by atoms with E-state index in [9.17, 15) is 9.59 Å². The van der Waals surface area contributed by atoms with Crippen LogP contribution in [0, 0.1) is 0 Å². The van der Waals surface area contributed by atoms with Crippen molar-refractivity contribution < 1.29 is 14.3 Å². The molecule has 2 aliphatic rings. The summed E-state index contributed by atoms with van der Waals surface area (Å²) in [4.78, 5) is 29.5. The smallest absolute Gasteiger partial charge is 0.251 e. The third-order valence-electron chi connectivity index (χ3n) is 5.48. The van der Waals surface area contributed by atoms with Crippen LogP contribution in [0.15, 0.2) is 17.5 Å². The van der Waals surface area contributed by atoms with Crippen LogP contribution in [0.4, 0.5) is 5.00 Å². The summed E-state index contributed by atoms with van der Waals surface area (Å²) >= 11 is 3.20. The number of fused-ring (bicyclic) bond motifs is 1. The average molecular weight is 434 g/mol. The third-order valence-corrected chi connectivity index (χ3v) is 7.55. The summed E-state index contributed by atoms with van der Waals surface area (Å²) in [7, 11) is 0. The number of hydrogen-bond donors (Lipinski definition) is 2. The molecule has 0 saturated carbocycles. The Kier molecular flexibility index (Phi) is 6.64. The Balaban J connectivity index is 1.46. The molecule has 0 radical (unpaired) electrons. The van der Waals surface area contributed by atoms with Crippen molar-refractivity contribution in [3.05, 3.63) is 38.4 Å². The quantitative estimate of drug-likeness (QED) is 0.668. The molecule has 1 atom stereocenters. The number of thiophene rings is 2. The minimum atomic E-state index is -0.450. The van der Waals surface area contributed by atoms with E-state index in [0.717, 1.165) is 57.2 Å². The molecule has 2 aromatic heterocycles. The van der Waals surface area contributed by atoms with Crippen LogP contribution in [-0.4, -0.2) is 42.5 Å². The standard InChI is InChI=1S/C21H27N3O3S2/c22-20(26)19-16-7-1-2-8-17(16)29-21(19)23-18(25)13-24(11-14-5-3-9-27-14)12-15-6-4-10-28-15/h4,6,10,14H,1-3,5,7-9,11-13H2,(H2,22,26)(H,23,25)/t14-/m0/s1. The lowest BCUT2D eigenvalue weighted by Gasteiger charge is -2.24. The number of aryl methyl sites for hydroxylation is 1. The van der Waals surface area contributed by atoms with Gasteiger partial charge in [0.1, 0.15) is 5.00 Å². The zero-order valence-corrected chi connectivity index (χ0v) is 18.1. The van der Waals surface area contributed by atoms with Gasteiger partial charge in [-0.1, -0.05) is 6.07 Å². The Labute approximate surface area is 179 Å². The summed E-state index contributed by atoms with van der Waals surface area (Å²) in [6.45, 7) is 2.51. The van der Waals surface area contributed by atoms with Gasteiger partial charge in [0.2, 0.25) is 5.91 Å². The van der Waals surface area contributed by atoms with Gasteiger partial charge in [0.15, 0.2) is 0 Å². The molecule has 3 N–H and O–H groups in total. The first-order valence-corrected chi connectivity index (χ1v) is 11.9. The zero-order valence-electron chi connectivity index (χ0n) is 16.4. The van der Waals surface area contributed by atoms with Gasteiger partial charge in [-0.3, -0.25) is 14.5 Å². The molecule has 0 aromatic carbocycles. The van der Waals surface area contributed by atoms with Crippen LogP contribution < -0.4 is 11.1 Å². The van der Waals surface area contributed by atoms with Gasteiger partial charge in [0, 0.05) is 29.5 Å². The second-order valence-electron chi connectivity index (χ2n) is 7.71. The molecule has 0 unspecified atom stereocenters. The number of nitrogens with zero attached hydrogens (tertiary/aromatic N) is 1. The fourth-order valence-corrected chi connectivity index (χ4v) is 6.23. The van der Waals surface area contributed by atoms with Crippen molar-refractivity contribution in [3.8, 4) is 0 Å². The fourth-order valence-electron chi connectivity index (χ4n) is 4.17. The number of nitrogens with one attached hydrogen (secondary N) is 1. The zero-order chi connectivity index (χ0) is 20.2. The Morgan fingerprint density at radius 2 is 2.14 bits per heavy atom. The monoisotopic (exact) mass is 433 g/mol. The SMILES string of the molecule is NC(=O)c1c(NC(=O)CN(Cc2cccs2)C[C@@H]2CCCO2)sc2c1CCCC2. The first-order chi connectivity index (χ1) is 14.1. The summed E-state index contributed by atoms with van der Waals surface area (Å²) in [6.07, 6.45) is 6.29. The first kappa shape index (κ1) is 20.5. The molecule has 4 rings (SSSR count). The molecule has 0 spiro atoms. The molecule has 8 heteroatoms. The van der Waals surface area contributed by atoms with Gasteiger partial charge in [-0.2, -0.15) is 0 Å². The van der Waals surface area contributed by atoms with Crippen molar-refractivity contribution in [2.24, 2.45) is 5.73 Å². The molecular formula is C21H27N3O3S2. The molecule has 1 fully saturated rings. The molecule has 1 saturated heterocycles. The van der Waals surface area contributed by atoms with Crippen LogP contribution in [-0.2, 0) is 28.9 Å². The summed E-state index contributed by atoms with van der Waals surface area (Å²) in [6, 6.07) is 4.11. The van der Waals surface area contributed by atoms with E-state index in [1.807, 2.05) is 6.07 Å². The predicted octanol–water partition coefficient (Wildman–Crippen LogP) is 3.41. The van der Waals surface area contributed by atoms with E-state index in [2.05, 4.69) is 21.7 Å². The van der Waals surface area contributed by atoms with Gasteiger partial charge in [-0.15, -0.1) is 22.7 Å². The van der Waals surface area contributed by atoms with E-state index in [-0.39, 0.29) is 18.6 Å². The van der Waals surface area contributed by atoms with Crippen molar-refractivity contribution in [3.63, 3.8) is 0 Å². The number of nitrogens with two attached hydrogens (primary N) is 1. The second-order valence-corrected chi connectivity index (χ2v) is 9.85. The van der Waals surface area contributed by atoms with Gasteiger partial charge in [-0.25, -0.2) is 0 Å². The fraction of sp³-hybridized carbons (Fsp3) is 0.524. The number of carbonyl (C=O) groups is 2. The van der Waals surface area contributed by atoms with E-state index < -0.39 is 5.91 Å². The lowest BCUT2D eigenvalue weighted by atomic mass is 9.95. The van der Waals surface area contributed by atoms with Gasteiger partial charge < -0.3 is 15.8 Å². The Morgan fingerprint density at radius 3 is 2.86 bits per heavy atom. The van der Waals surface area contributed by atoms with Crippen LogP contribution >= 0.6 is 22.7 Å². The van der Waals surface area contributed by atoms with Gasteiger partial charge in [0.25, 0.3) is 5.91 Å². The van der Waals surface area contributed by atoms with Gasteiger partial charge in [0.05, 0.1) is 18.2 Å². The predicted molar refractivity (Wildman–Crippen MR) is 117 cm³/mol. The number of carbonyl (C=O) groups excluding carboxylic acids is 2. The van der Waals surface area contributed by atoms with Crippen molar-refractivity contribution in [2.45, 2.75) is 51.2 Å². The number of amides is 2. The maximum Gasteiger partial charge on any atom is 0.251 e. The lowest BCUT2D eigenvalue weighted by Crippen LogP contribution is -2.37. The minimum Gasteiger partial charge on any atom is -0.377 e. The molecule has 3 heterocycles. The Morgan fingerprint density at radius 1 is 1.28 bits per heavy atom. The van der Waals surface area contributed by atoms with Crippen molar-refractivity contribution in [2.75, 3.05) is 25.0 Å². The summed E-state index contributed by atoms with van der Waals surface area (Å²) in [5.41, 5.74) is 7.21. The third kappa shape index (κ3) is 5.06. The van der Waals surface area contributed by atoms with Crippen molar-refractivity contribution >= 4 is 39.5 Å². The number of hydrogen-bond acceptors (Lipinski definition) is 6. The Hall–Kier alpha value is -1.74. The highest BCUT2D eigenvalue weighted by molar-refractivity contribution is 7.17. The number of rotatable bonds is 8. The Bertz CT molecular complexity index is 857.